The molecule has 0 fully saturated rings. The van der Waals surface area contributed by atoms with Crippen LogP contribution in [0.25, 0.3) is 33.4 Å². The summed E-state index contributed by atoms with van der Waals surface area (Å²) in [6.45, 7) is 0. The lowest BCUT2D eigenvalue weighted by Crippen LogP contribution is -2.70. The van der Waals surface area contributed by atoms with Crippen LogP contribution in [0.4, 0.5) is 17.1 Å². The van der Waals surface area contributed by atoms with E-state index in [9.17, 15) is 31.2 Å². The highest BCUT2D eigenvalue weighted by molar-refractivity contribution is 7.94. The van der Waals surface area contributed by atoms with Crippen molar-refractivity contribution in [2.24, 2.45) is 0 Å². The molecular formula is C31H20N2O10S3-2. The van der Waals surface area contributed by atoms with Gasteiger partial charge in [0.1, 0.15) is 31.6 Å². The Labute approximate surface area is 266 Å². The summed E-state index contributed by atoms with van der Waals surface area (Å²) < 4.78 is 81.4. The van der Waals surface area contributed by atoms with Crippen LogP contribution < -0.4 is 20.9 Å². The number of benzene rings is 5. The lowest BCUT2D eigenvalue weighted by Gasteiger charge is -2.19. The van der Waals surface area contributed by atoms with Crippen molar-refractivity contribution in [2.45, 2.75) is 14.7 Å². The summed E-state index contributed by atoms with van der Waals surface area (Å²) in [6, 6.07) is 28.5. The molecule has 15 heteroatoms. The summed E-state index contributed by atoms with van der Waals surface area (Å²) in [4.78, 5) is 3.01. The third kappa shape index (κ3) is 6.81. The van der Waals surface area contributed by atoms with Crippen LogP contribution in [0.2, 0.25) is 0 Å². The Morgan fingerprint density at radius 2 is 1.46 bits per heavy atom. The molecule has 0 amide bonds. The first-order chi connectivity index (χ1) is 22.0. The number of nitrogens with one attached hydrogen (secondary N) is 2. The van der Waals surface area contributed by atoms with Gasteiger partial charge >= 0.3 is 0 Å². The predicted molar refractivity (Wildman–Crippen MR) is 162 cm³/mol. The van der Waals surface area contributed by atoms with Crippen molar-refractivity contribution in [1.82, 2.24) is 0 Å². The highest BCUT2D eigenvalue weighted by Crippen LogP contribution is 2.42. The zero-order valence-electron chi connectivity index (χ0n) is 23.2. The molecule has 4 aromatic carbocycles. The van der Waals surface area contributed by atoms with E-state index in [1.807, 2.05) is 0 Å². The Kier molecular flexibility index (Phi) is 8.65. The van der Waals surface area contributed by atoms with E-state index in [1.54, 1.807) is 72.8 Å². The number of hydrogen-bond donors (Lipinski definition) is 2. The van der Waals surface area contributed by atoms with Gasteiger partial charge in [-0.3, -0.25) is 5.04 Å². The van der Waals surface area contributed by atoms with E-state index >= 15 is 0 Å². The number of fused-ring (bicyclic) bond motifs is 2. The van der Waals surface area contributed by atoms with Crippen molar-refractivity contribution >= 4 is 60.3 Å². The molecule has 0 spiro atoms. The average Bonchev–Trinajstić information content (AvgIpc) is 3.02. The van der Waals surface area contributed by atoms with Crippen LogP contribution in [0, 0.1) is 0 Å². The van der Waals surface area contributed by atoms with Gasteiger partial charge in [0.2, 0.25) is 11.0 Å². The van der Waals surface area contributed by atoms with Gasteiger partial charge in [-0.15, -0.1) is 0 Å². The normalized spacial score (nSPS) is 12.5. The Morgan fingerprint density at radius 1 is 0.739 bits per heavy atom. The SMILES string of the molecule is O=S(=O)([O-])c1ccc([NH+]=c2ccc3c(-c4ccccc4S(=O)(=O)[O-])c4ccc(Nc5ccc(SOO[O-])cc5)cc4oc-3c2)cc1. The number of hydrogen-bond acceptors (Lipinski definition) is 12. The van der Waals surface area contributed by atoms with E-state index in [4.69, 9.17) is 4.42 Å². The molecule has 1 heterocycles. The van der Waals surface area contributed by atoms with E-state index in [-0.39, 0.29) is 15.4 Å². The van der Waals surface area contributed by atoms with Crippen molar-refractivity contribution in [2.75, 3.05) is 5.32 Å². The fraction of sp³-hybridized carbons (Fsp3) is 0. The first-order valence-corrected chi connectivity index (χ1v) is 16.8. The molecule has 0 aromatic heterocycles. The second-order valence-corrected chi connectivity index (χ2v) is 13.3. The monoisotopic (exact) mass is 676 g/mol. The van der Waals surface area contributed by atoms with Gasteiger partial charge < -0.3 is 24.1 Å². The number of rotatable bonds is 9. The molecule has 0 bridgehead atoms. The summed E-state index contributed by atoms with van der Waals surface area (Å²) in [6.07, 6.45) is 0. The van der Waals surface area contributed by atoms with Crippen LogP contribution >= 0.6 is 12.0 Å². The van der Waals surface area contributed by atoms with E-state index in [2.05, 4.69) is 19.7 Å². The van der Waals surface area contributed by atoms with Crippen LogP contribution in [0.3, 0.4) is 0 Å². The Morgan fingerprint density at radius 3 is 2.15 bits per heavy atom. The van der Waals surface area contributed by atoms with Gasteiger partial charge in [0.25, 0.3) is 0 Å². The maximum Gasteiger partial charge on any atom is 0.207 e. The van der Waals surface area contributed by atoms with Crippen molar-refractivity contribution in [3.63, 3.8) is 0 Å². The summed E-state index contributed by atoms with van der Waals surface area (Å²) in [7, 11) is -9.45. The standard InChI is InChI=1S/C31H22N2O10S3/c34-42-43-44-23-11-5-19(6-12-23)32-21-9-15-25-28(17-21)41-29-18-22(33-20-7-13-24(14-8-20)45(35,36)37)10-16-26(29)31(25)27-3-1-2-4-30(27)46(38,39)40/h1-18,32,34H,(H,35,36,37)(H,38,39,40)/p-2. The van der Waals surface area contributed by atoms with Crippen molar-refractivity contribution in [3.05, 3.63) is 115 Å². The second kappa shape index (κ2) is 12.7. The van der Waals surface area contributed by atoms with E-state index in [0.29, 0.717) is 55.2 Å². The fourth-order valence-corrected chi connectivity index (χ4v) is 6.42. The van der Waals surface area contributed by atoms with Gasteiger partial charge in [-0.25, -0.2) is 21.8 Å². The van der Waals surface area contributed by atoms with Crippen LogP contribution in [-0.4, -0.2) is 25.9 Å². The quantitative estimate of drug-likeness (QED) is 0.0747. The average molecular weight is 677 g/mol. The molecule has 46 heavy (non-hydrogen) atoms. The number of anilines is 2. The summed E-state index contributed by atoms with van der Waals surface area (Å²) >= 11 is 0.759. The lowest BCUT2D eigenvalue weighted by molar-refractivity contribution is -0.777. The van der Waals surface area contributed by atoms with E-state index in [1.165, 1.54) is 36.4 Å². The van der Waals surface area contributed by atoms with Gasteiger partial charge in [-0.05, 0) is 60.7 Å². The molecule has 0 atom stereocenters. The van der Waals surface area contributed by atoms with Gasteiger partial charge in [0.15, 0.2) is 0 Å². The molecule has 1 aliphatic carbocycles. The topological polar surface area (TPSA) is 195 Å². The molecular weight excluding hydrogens is 657 g/mol. The maximum absolute atomic E-state index is 12.3. The maximum atomic E-state index is 12.3. The summed E-state index contributed by atoms with van der Waals surface area (Å²) in [5.41, 5.74) is 3.42. The third-order valence-corrected chi connectivity index (χ3v) is 9.21. The van der Waals surface area contributed by atoms with Gasteiger partial charge in [0, 0.05) is 62.6 Å². The van der Waals surface area contributed by atoms with Crippen molar-refractivity contribution in [3.8, 4) is 22.5 Å². The Hall–Kier alpha value is -4.58. The minimum Gasteiger partial charge on any atom is -0.744 e. The smallest absolute Gasteiger partial charge is 0.207 e. The molecule has 6 rings (SSSR count). The molecule has 4 aromatic rings. The van der Waals surface area contributed by atoms with Crippen LogP contribution in [0.5, 0.6) is 0 Å². The van der Waals surface area contributed by atoms with Crippen molar-refractivity contribution in [1.29, 1.82) is 0 Å². The molecule has 0 saturated heterocycles. The zero-order valence-corrected chi connectivity index (χ0v) is 25.6. The van der Waals surface area contributed by atoms with Crippen LogP contribution in [-0.2, 0) is 29.6 Å². The molecule has 12 nitrogen and oxygen atoms in total. The van der Waals surface area contributed by atoms with E-state index < -0.39 is 20.2 Å². The minimum atomic E-state index is -4.85. The van der Waals surface area contributed by atoms with Gasteiger partial charge in [-0.1, -0.05) is 18.2 Å². The largest absolute Gasteiger partial charge is 0.744 e. The van der Waals surface area contributed by atoms with Gasteiger partial charge in [0.05, 0.1) is 27.9 Å². The van der Waals surface area contributed by atoms with Crippen molar-refractivity contribution < 1.29 is 50.0 Å². The highest BCUT2D eigenvalue weighted by Gasteiger charge is 2.22. The first-order valence-electron chi connectivity index (χ1n) is 13.2. The highest BCUT2D eigenvalue weighted by atomic mass is 32.2. The van der Waals surface area contributed by atoms with Crippen LogP contribution in [0.15, 0.2) is 128 Å². The molecule has 2 aliphatic rings. The molecule has 0 radical (unpaired) electrons. The first kappa shape index (κ1) is 31.4. The zero-order chi connectivity index (χ0) is 32.5. The second-order valence-electron chi connectivity index (χ2n) is 9.82. The lowest BCUT2D eigenvalue weighted by atomic mass is 9.93. The Bertz CT molecular complexity index is 2320. The van der Waals surface area contributed by atoms with E-state index in [0.717, 1.165) is 12.0 Å². The summed E-state index contributed by atoms with van der Waals surface area (Å²) in [5, 5.41) is 17.8. The molecule has 2 N–H and O–H groups in total. The Balaban J connectivity index is 1.50. The predicted octanol–water partition coefficient (Wildman–Crippen LogP) is 3.30. The molecule has 1 aliphatic heterocycles. The molecule has 0 unspecified atom stereocenters. The minimum absolute atomic E-state index is 0.205. The third-order valence-electron chi connectivity index (χ3n) is 6.88. The molecule has 234 valence electrons. The summed E-state index contributed by atoms with van der Waals surface area (Å²) in [5.74, 6) is 0.350. The van der Waals surface area contributed by atoms with Gasteiger partial charge in [-0.2, -0.15) is 4.33 Å². The van der Waals surface area contributed by atoms with Crippen LogP contribution in [0.1, 0.15) is 0 Å². The molecule has 0 saturated carbocycles. The fourth-order valence-electron chi connectivity index (χ4n) is 4.91.